The van der Waals surface area contributed by atoms with Gasteiger partial charge < -0.3 is 0 Å². The number of aromatic nitrogens is 1. The molecule has 0 fully saturated rings. The lowest BCUT2D eigenvalue weighted by Crippen LogP contribution is -1.86. The van der Waals surface area contributed by atoms with Crippen LogP contribution in [0.2, 0.25) is 0 Å². The predicted octanol–water partition coefficient (Wildman–Crippen LogP) is 3.89. The van der Waals surface area contributed by atoms with Gasteiger partial charge in [0.25, 0.3) is 0 Å². The SMILES string of the molecule is c1ccc(Cc2ccc3ncsc3c2)cc1. The molecule has 3 aromatic rings. The standard InChI is InChI=1S/C14H11NS/c1-2-4-11(5-3-1)8-12-6-7-13-14(9-12)16-10-15-13/h1-7,9-10H,8H2. The van der Waals surface area contributed by atoms with Gasteiger partial charge in [0, 0.05) is 0 Å². The zero-order valence-corrected chi connectivity index (χ0v) is 9.58. The highest BCUT2D eigenvalue weighted by atomic mass is 32.1. The molecule has 0 atom stereocenters. The van der Waals surface area contributed by atoms with Gasteiger partial charge in [-0.15, -0.1) is 11.3 Å². The third kappa shape index (κ3) is 1.84. The van der Waals surface area contributed by atoms with Gasteiger partial charge >= 0.3 is 0 Å². The Balaban J connectivity index is 1.94. The van der Waals surface area contributed by atoms with Gasteiger partial charge in [0.05, 0.1) is 15.7 Å². The van der Waals surface area contributed by atoms with E-state index in [2.05, 4.69) is 53.5 Å². The zero-order chi connectivity index (χ0) is 10.8. The molecule has 3 rings (SSSR count). The van der Waals surface area contributed by atoms with Crippen molar-refractivity contribution in [3.05, 3.63) is 65.2 Å². The number of nitrogens with zero attached hydrogens (tertiary/aromatic N) is 1. The molecule has 1 heterocycles. The largest absolute Gasteiger partial charge is 0.245 e. The summed E-state index contributed by atoms with van der Waals surface area (Å²) in [6.07, 6.45) is 0.995. The van der Waals surface area contributed by atoms with Crippen LogP contribution in [0.3, 0.4) is 0 Å². The van der Waals surface area contributed by atoms with Gasteiger partial charge in [-0.25, -0.2) is 4.98 Å². The van der Waals surface area contributed by atoms with Crippen LogP contribution in [0.15, 0.2) is 54.0 Å². The predicted molar refractivity (Wildman–Crippen MR) is 68.9 cm³/mol. The first-order valence-electron chi connectivity index (χ1n) is 5.28. The van der Waals surface area contributed by atoms with Gasteiger partial charge in [-0.1, -0.05) is 36.4 Å². The minimum atomic E-state index is 0.995. The molecule has 0 bridgehead atoms. The Kier molecular flexibility index (Phi) is 2.43. The molecule has 0 amide bonds. The van der Waals surface area contributed by atoms with Crippen LogP contribution in [0.25, 0.3) is 10.2 Å². The molecule has 1 aromatic heterocycles. The van der Waals surface area contributed by atoms with Gasteiger partial charge in [-0.2, -0.15) is 0 Å². The van der Waals surface area contributed by atoms with Crippen molar-refractivity contribution in [2.45, 2.75) is 6.42 Å². The van der Waals surface area contributed by atoms with Crippen molar-refractivity contribution < 1.29 is 0 Å². The minimum Gasteiger partial charge on any atom is -0.245 e. The molecule has 2 heteroatoms. The maximum Gasteiger partial charge on any atom is 0.0812 e. The van der Waals surface area contributed by atoms with Crippen molar-refractivity contribution in [2.24, 2.45) is 0 Å². The summed E-state index contributed by atoms with van der Waals surface area (Å²) in [6.45, 7) is 0. The molecule has 0 saturated carbocycles. The molecule has 78 valence electrons. The van der Waals surface area contributed by atoms with Crippen molar-refractivity contribution in [1.82, 2.24) is 4.98 Å². The average Bonchev–Trinajstić information content (AvgIpc) is 2.77. The highest BCUT2D eigenvalue weighted by Crippen LogP contribution is 2.20. The third-order valence-corrected chi connectivity index (χ3v) is 3.44. The van der Waals surface area contributed by atoms with E-state index in [1.54, 1.807) is 11.3 Å². The summed E-state index contributed by atoms with van der Waals surface area (Å²) >= 11 is 1.70. The number of fused-ring (bicyclic) bond motifs is 1. The van der Waals surface area contributed by atoms with Crippen LogP contribution in [-0.4, -0.2) is 4.98 Å². The molecule has 0 aliphatic heterocycles. The van der Waals surface area contributed by atoms with Crippen LogP contribution in [0.4, 0.5) is 0 Å². The van der Waals surface area contributed by atoms with E-state index in [1.807, 2.05) is 5.51 Å². The maximum atomic E-state index is 4.29. The topological polar surface area (TPSA) is 12.9 Å². The third-order valence-electron chi connectivity index (χ3n) is 2.65. The maximum absolute atomic E-state index is 4.29. The lowest BCUT2D eigenvalue weighted by Gasteiger charge is -2.01. The lowest BCUT2D eigenvalue weighted by molar-refractivity contribution is 1.20. The van der Waals surface area contributed by atoms with Crippen LogP contribution in [0, 0.1) is 0 Å². The van der Waals surface area contributed by atoms with Crippen LogP contribution < -0.4 is 0 Å². The molecule has 16 heavy (non-hydrogen) atoms. The fourth-order valence-corrected chi connectivity index (χ4v) is 2.58. The second-order valence-electron chi connectivity index (χ2n) is 3.82. The van der Waals surface area contributed by atoms with E-state index in [-0.39, 0.29) is 0 Å². The van der Waals surface area contributed by atoms with E-state index < -0.39 is 0 Å². The molecule has 1 nitrogen and oxygen atoms in total. The normalized spacial score (nSPS) is 10.8. The Morgan fingerprint density at radius 2 is 1.81 bits per heavy atom. The number of hydrogen-bond acceptors (Lipinski definition) is 2. The van der Waals surface area contributed by atoms with E-state index in [0.717, 1.165) is 11.9 Å². The highest BCUT2D eigenvalue weighted by Gasteiger charge is 1.99. The van der Waals surface area contributed by atoms with Gasteiger partial charge in [0.1, 0.15) is 0 Å². The Morgan fingerprint density at radius 1 is 0.938 bits per heavy atom. The number of benzene rings is 2. The van der Waals surface area contributed by atoms with Crippen LogP contribution >= 0.6 is 11.3 Å². The number of rotatable bonds is 2. The summed E-state index contributed by atoms with van der Waals surface area (Å²) in [5.74, 6) is 0. The fourth-order valence-electron chi connectivity index (χ4n) is 1.84. The van der Waals surface area contributed by atoms with Gasteiger partial charge in [-0.05, 0) is 29.7 Å². The van der Waals surface area contributed by atoms with Crippen LogP contribution in [-0.2, 0) is 6.42 Å². The first-order chi connectivity index (χ1) is 7.92. The van der Waals surface area contributed by atoms with Crippen molar-refractivity contribution in [2.75, 3.05) is 0 Å². The van der Waals surface area contributed by atoms with E-state index in [9.17, 15) is 0 Å². The molecule has 0 unspecified atom stereocenters. The molecule has 0 N–H and O–H groups in total. The van der Waals surface area contributed by atoms with E-state index in [4.69, 9.17) is 0 Å². The molecule has 2 aromatic carbocycles. The minimum absolute atomic E-state index is 0.995. The molecule has 0 aliphatic rings. The quantitative estimate of drug-likeness (QED) is 0.645. The van der Waals surface area contributed by atoms with Crippen LogP contribution in [0.1, 0.15) is 11.1 Å². The second-order valence-corrected chi connectivity index (χ2v) is 4.70. The summed E-state index contributed by atoms with van der Waals surface area (Å²) in [5, 5.41) is 0. The first kappa shape index (κ1) is 9.55. The molecular weight excluding hydrogens is 214 g/mol. The summed E-state index contributed by atoms with van der Waals surface area (Å²) in [6, 6.07) is 17.0. The summed E-state index contributed by atoms with van der Waals surface area (Å²) < 4.78 is 1.27. The average molecular weight is 225 g/mol. The molecule has 0 spiro atoms. The Labute approximate surface area is 98.4 Å². The summed E-state index contributed by atoms with van der Waals surface area (Å²) in [5.41, 5.74) is 5.70. The van der Waals surface area contributed by atoms with E-state index >= 15 is 0 Å². The lowest BCUT2D eigenvalue weighted by atomic mass is 10.1. The first-order valence-corrected chi connectivity index (χ1v) is 6.16. The Hall–Kier alpha value is -1.67. The Bertz CT molecular complexity index is 598. The summed E-state index contributed by atoms with van der Waals surface area (Å²) in [7, 11) is 0. The molecule has 0 radical (unpaired) electrons. The van der Waals surface area contributed by atoms with Crippen LogP contribution in [0.5, 0.6) is 0 Å². The van der Waals surface area contributed by atoms with Crippen molar-refractivity contribution in [3.8, 4) is 0 Å². The number of thiazole rings is 1. The second kappa shape index (κ2) is 4.06. The van der Waals surface area contributed by atoms with E-state index in [0.29, 0.717) is 0 Å². The Morgan fingerprint density at radius 3 is 2.69 bits per heavy atom. The zero-order valence-electron chi connectivity index (χ0n) is 8.76. The molecular formula is C14H11NS. The van der Waals surface area contributed by atoms with Crippen molar-refractivity contribution in [1.29, 1.82) is 0 Å². The number of hydrogen-bond donors (Lipinski definition) is 0. The van der Waals surface area contributed by atoms with Crippen molar-refractivity contribution in [3.63, 3.8) is 0 Å². The molecule has 0 saturated heterocycles. The smallest absolute Gasteiger partial charge is 0.0812 e. The van der Waals surface area contributed by atoms with E-state index in [1.165, 1.54) is 15.8 Å². The summed E-state index contributed by atoms with van der Waals surface area (Å²) in [4.78, 5) is 4.29. The van der Waals surface area contributed by atoms with Gasteiger partial charge in [0.2, 0.25) is 0 Å². The van der Waals surface area contributed by atoms with Crippen molar-refractivity contribution >= 4 is 21.6 Å². The van der Waals surface area contributed by atoms with Gasteiger partial charge in [-0.3, -0.25) is 0 Å². The van der Waals surface area contributed by atoms with Gasteiger partial charge in [0.15, 0.2) is 0 Å². The fraction of sp³-hybridized carbons (Fsp3) is 0.0714. The highest BCUT2D eigenvalue weighted by molar-refractivity contribution is 7.16. The molecule has 0 aliphatic carbocycles. The monoisotopic (exact) mass is 225 g/mol.